The Morgan fingerprint density at radius 1 is 1.45 bits per heavy atom. The Labute approximate surface area is 122 Å². The lowest BCUT2D eigenvalue weighted by Gasteiger charge is -2.03. The van der Waals surface area contributed by atoms with Crippen molar-refractivity contribution >= 4 is 23.0 Å². The third kappa shape index (κ3) is 3.60. The van der Waals surface area contributed by atoms with Crippen molar-refractivity contribution in [3.8, 4) is 0 Å². The fourth-order valence-corrected chi connectivity index (χ4v) is 2.90. The lowest BCUT2D eigenvalue weighted by molar-refractivity contribution is -0.139. The van der Waals surface area contributed by atoms with Gasteiger partial charge < -0.3 is 10.1 Å². The minimum Gasteiger partial charge on any atom is -0.469 e. The molecule has 0 spiro atoms. The number of nitrogens with one attached hydrogen (secondary N) is 1. The van der Waals surface area contributed by atoms with Gasteiger partial charge in [-0.1, -0.05) is 6.92 Å². The van der Waals surface area contributed by atoms with Gasteiger partial charge in [0.2, 0.25) is 0 Å². The van der Waals surface area contributed by atoms with E-state index in [1.807, 2.05) is 30.1 Å². The Balaban J connectivity index is 1.95. The van der Waals surface area contributed by atoms with Crippen LogP contribution in [0.5, 0.6) is 0 Å². The number of ether oxygens (including phenoxy) is 1. The number of aromatic nitrogens is 2. The molecule has 0 saturated carbocycles. The first-order valence-electron chi connectivity index (χ1n) is 6.53. The number of aryl methyl sites for hydroxylation is 2. The summed E-state index contributed by atoms with van der Waals surface area (Å²) in [5.74, 6) is -0.202. The highest BCUT2D eigenvalue weighted by Gasteiger charge is 2.08. The molecular weight excluding hydrogens is 274 g/mol. The van der Waals surface area contributed by atoms with E-state index in [9.17, 15) is 4.79 Å². The van der Waals surface area contributed by atoms with E-state index < -0.39 is 0 Å². The third-order valence-corrected chi connectivity index (χ3v) is 4.04. The van der Waals surface area contributed by atoms with Crippen LogP contribution < -0.4 is 5.32 Å². The van der Waals surface area contributed by atoms with Crippen LogP contribution in [-0.2, 0) is 36.0 Å². The van der Waals surface area contributed by atoms with Gasteiger partial charge in [-0.15, -0.1) is 11.3 Å². The van der Waals surface area contributed by atoms with Gasteiger partial charge in [-0.3, -0.25) is 9.48 Å². The first-order chi connectivity index (χ1) is 9.62. The maximum Gasteiger partial charge on any atom is 0.310 e. The van der Waals surface area contributed by atoms with E-state index in [1.54, 1.807) is 11.3 Å². The zero-order valence-corrected chi connectivity index (χ0v) is 12.8. The predicted molar refractivity (Wildman–Crippen MR) is 80.0 cm³/mol. The Kier molecular flexibility index (Phi) is 4.79. The number of anilines is 1. The van der Waals surface area contributed by atoms with Crippen LogP contribution in [0.25, 0.3) is 0 Å². The molecule has 0 aliphatic heterocycles. The van der Waals surface area contributed by atoms with Crippen LogP contribution in [0, 0.1) is 0 Å². The van der Waals surface area contributed by atoms with Gasteiger partial charge in [-0.25, -0.2) is 0 Å². The van der Waals surface area contributed by atoms with Gasteiger partial charge in [-0.05, 0) is 18.6 Å². The molecule has 0 aliphatic carbocycles. The number of rotatable bonds is 6. The molecule has 0 radical (unpaired) electrons. The average molecular weight is 293 g/mol. The molecule has 20 heavy (non-hydrogen) atoms. The van der Waals surface area contributed by atoms with E-state index in [0.29, 0.717) is 6.42 Å². The van der Waals surface area contributed by atoms with Crippen LogP contribution in [0.3, 0.4) is 0 Å². The summed E-state index contributed by atoms with van der Waals surface area (Å²) in [5, 5.41) is 7.79. The molecule has 5 nitrogen and oxygen atoms in total. The smallest absolute Gasteiger partial charge is 0.310 e. The van der Waals surface area contributed by atoms with E-state index >= 15 is 0 Å². The van der Waals surface area contributed by atoms with Gasteiger partial charge in [0.25, 0.3) is 0 Å². The highest BCUT2D eigenvalue weighted by molar-refractivity contribution is 7.12. The monoisotopic (exact) mass is 293 g/mol. The second-order valence-electron chi connectivity index (χ2n) is 4.49. The summed E-state index contributed by atoms with van der Waals surface area (Å²) < 4.78 is 6.48. The van der Waals surface area contributed by atoms with Crippen LogP contribution in [0.2, 0.25) is 0 Å². The van der Waals surface area contributed by atoms with Crippen LogP contribution in [0.1, 0.15) is 22.4 Å². The second-order valence-corrected chi connectivity index (χ2v) is 5.74. The lowest BCUT2D eigenvalue weighted by Crippen LogP contribution is -2.02. The molecule has 0 atom stereocenters. The molecule has 2 aromatic rings. The minimum atomic E-state index is -0.202. The number of methoxy groups -OCH3 is 1. The topological polar surface area (TPSA) is 56.2 Å². The summed E-state index contributed by atoms with van der Waals surface area (Å²) in [6.07, 6.45) is 3.23. The molecule has 2 rings (SSSR count). The fraction of sp³-hybridized carbons (Fsp3) is 0.429. The molecule has 6 heteroatoms. The zero-order chi connectivity index (χ0) is 14.5. The maximum absolute atomic E-state index is 11.2. The van der Waals surface area contributed by atoms with Gasteiger partial charge >= 0.3 is 5.97 Å². The quantitative estimate of drug-likeness (QED) is 0.831. The third-order valence-electron chi connectivity index (χ3n) is 2.96. The molecule has 0 aliphatic rings. The molecular formula is C14H19N3O2S. The molecule has 0 fully saturated rings. The van der Waals surface area contributed by atoms with E-state index in [2.05, 4.69) is 22.1 Å². The van der Waals surface area contributed by atoms with E-state index in [-0.39, 0.29) is 5.97 Å². The van der Waals surface area contributed by atoms with Gasteiger partial charge in [0.05, 0.1) is 24.9 Å². The Hall–Kier alpha value is -1.82. The van der Waals surface area contributed by atoms with Crippen LogP contribution in [0.15, 0.2) is 18.3 Å². The Morgan fingerprint density at radius 2 is 2.20 bits per heavy atom. The van der Waals surface area contributed by atoms with Gasteiger partial charge in [0, 0.05) is 29.5 Å². The molecule has 0 unspecified atom stereocenters. The SMILES string of the molecule is CCc1nn(C)cc1NCc1ccc(CC(=O)OC)s1. The van der Waals surface area contributed by atoms with Gasteiger partial charge in [0.15, 0.2) is 0 Å². The molecule has 0 amide bonds. The summed E-state index contributed by atoms with van der Waals surface area (Å²) in [7, 11) is 3.33. The van der Waals surface area contributed by atoms with E-state index in [4.69, 9.17) is 0 Å². The molecule has 0 saturated heterocycles. The van der Waals surface area contributed by atoms with Crippen molar-refractivity contribution in [1.82, 2.24) is 9.78 Å². The van der Waals surface area contributed by atoms with Crippen LogP contribution in [-0.4, -0.2) is 22.9 Å². The highest BCUT2D eigenvalue weighted by Crippen LogP contribution is 2.20. The van der Waals surface area contributed by atoms with Crippen molar-refractivity contribution < 1.29 is 9.53 Å². The van der Waals surface area contributed by atoms with E-state index in [0.717, 1.165) is 29.2 Å². The van der Waals surface area contributed by atoms with E-state index in [1.165, 1.54) is 12.0 Å². The maximum atomic E-state index is 11.2. The first-order valence-corrected chi connectivity index (χ1v) is 7.34. The normalized spacial score (nSPS) is 10.6. The lowest BCUT2D eigenvalue weighted by atomic mass is 10.3. The number of thiophene rings is 1. The second kappa shape index (κ2) is 6.56. The largest absolute Gasteiger partial charge is 0.469 e. The van der Waals surface area contributed by atoms with Crippen LogP contribution >= 0.6 is 11.3 Å². The van der Waals surface area contributed by atoms with Gasteiger partial charge in [0.1, 0.15) is 0 Å². The molecule has 0 aromatic carbocycles. The van der Waals surface area contributed by atoms with Crippen molar-refractivity contribution in [3.05, 3.63) is 33.8 Å². The van der Waals surface area contributed by atoms with Crippen molar-refractivity contribution in [3.63, 3.8) is 0 Å². The molecule has 2 heterocycles. The number of nitrogens with zero attached hydrogens (tertiary/aromatic N) is 2. The molecule has 108 valence electrons. The molecule has 1 N–H and O–H groups in total. The Morgan fingerprint density at radius 3 is 2.90 bits per heavy atom. The fourth-order valence-electron chi connectivity index (χ4n) is 1.95. The van der Waals surface area contributed by atoms with Gasteiger partial charge in [-0.2, -0.15) is 5.10 Å². The van der Waals surface area contributed by atoms with Crippen LogP contribution in [0.4, 0.5) is 5.69 Å². The summed E-state index contributed by atoms with van der Waals surface area (Å²) >= 11 is 1.63. The molecule has 0 bridgehead atoms. The van der Waals surface area contributed by atoms with Crippen molar-refractivity contribution in [2.75, 3.05) is 12.4 Å². The standard InChI is InChI=1S/C14H19N3O2S/c1-4-12-13(9-17(2)16-12)15-8-11-6-5-10(20-11)7-14(18)19-3/h5-6,9,15H,4,7-8H2,1-3H3. The minimum absolute atomic E-state index is 0.202. The highest BCUT2D eigenvalue weighted by atomic mass is 32.1. The number of carbonyl (C=O) groups excluding carboxylic acids is 1. The average Bonchev–Trinajstić information content (AvgIpc) is 3.02. The van der Waals surface area contributed by atoms with Crippen molar-refractivity contribution in [2.24, 2.45) is 7.05 Å². The number of carbonyl (C=O) groups is 1. The van der Waals surface area contributed by atoms with Crippen molar-refractivity contribution in [1.29, 1.82) is 0 Å². The summed E-state index contributed by atoms with van der Waals surface area (Å²) in [5.41, 5.74) is 2.14. The van der Waals surface area contributed by atoms with Crippen molar-refractivity contribution in [2.45, 2.75) is 26.3 Å². The number of esters is 1. The Bertz CT molecular complexity index is 589. The summed E-state index contributed by atoms with van der Waals surface area (Å²) in [6, 6.07) is 4.01. The first kappa shape index (κ1) is 14.6. The number of hydrogen-bond acceptors (Lipinski definition) is 5. The molecule has 2 aromatic heterocycles. The number of hydrogen-bond donors (Lipinski definition) is 1. The summed E-state index contributed by atoms with van der Waals surface area (Å²) in [4.78, 5) is 13.4. The predicted octanol–water partition coefficient (Wildman–Crippen LogP) is 2.37. The zero-order valence-electron chi connectivity index (χ0n) is 12.0. The summed E-state index contributed by atoms with van der Waals surface area (Å²) in [6.45, 7) is 2.83.